The first-order valence-electron chi connectivity index (χ1n) is 3.90. The molecule has 0 spiro atoms. The largest absolute Gasteiger partial charge is 0.494 e. The van der Waals surface area contributed by atoms with Crippen LogP contribution in [0.1, 0.15) is 0 Å². The van der Waals surface area contributed by atoms with Crippen LogP contribution >= 0.6 is 11.6 Å². The van der Waals surface area contributed by atoms with Crippen LogP contribution in [-0.4, -0.2) is 12.1 Å². The maximum Gasteiger partial charge on any atom is 0.145 e. The van der Waals surface area contributed by atoms with Gasteiger partial charge in [-0.25, -0.2) is 4.98 Å². The second-order valence-electron chi connectivity index (χ2n) is 2.66. The first kappa shape index (κ1) is 8.32. The van der Waals surface area contributed by atoms with Crippen LogP contribution < -0.4 is 4.74 Å². The van der Waals surface area contributed by atoms with Gasteiger partial charge in [0.15, 0.2) is 0 Å². The molecule has 0 saturated heterocycles. The molecule has 0 unspecified atom stereocenters. The Morgan fingerprint density at radius 1 is 1.23 bits per heavy atom. The molecule has 13 heavy (non-hydrogen) atoms. The van der Waals surface area contributed by atoms with E-state index in [4.69, 9.17) is 16.3 Å². The lowest BCUT2D eigenvalue weighted by atomic mass is 10.2. The third kappa shape index (κ3) is 1.33. The summed E-state index contributed by atoms with van der Waals surface area (Å²) >= 11 is 5.92. The minimum Gasteiger partial charge on any atom is -0.494 e. The van der Waals surface area contributed by atoms with Crippen molar-refractivity contribution in [1.82, 2.24) is 4.98 Å². The SMILES string of the molecule is COc1cnc(Cl)c2ccccc12. The van der Waals surface area contributed by atoms with Gasteiger partial charge >= 0.3 is 0 Å². The summed E-state index contributed by atoms with van der Waals surface area (Å²) in [7, 11) is 1.62. The molecule has 2 aromatic rings. The Morgan fingerprint density at radius 2 is 1.92 bits per heavy atom. The second kappa shape index (κ2) is 3.23. The molecule has 0 fully saturated rings. The topological polar surface area (TPSA) is 22.1 Å². The highest BCUT2D eigenvalue weighted by Crippen LogP contribution is 2.28. The average Bonchev–Trinajstić information content (AvgIpc) is 2.19. The third-order valence-corrected chi connectivity index (χ3v) is 2.23. The third-order valence-electron chi connectivity index (χ3n) is 1.93. The summed E-state index contributed by atoms with van der Waals surface area (Å²) in [5.74, 6) is 0.750. The van der Waals surface area contributed by atoms with Crippen LogP contribution in [0, 0.1) is 0 Å². The van der Waals surface area contributed by atoms with Gasteiger partial charge in [0.2, 0.25) is 0 Å². The summed E-state index contributed by atoms with van der Waals surface area (Å²) in [6.45, 7) is 0. The quantitative estimate of drug-likeness (QED) is 0.650. The summed E-state index contributed by atoms with van der Waals surface area (Å²) in [5, 5.41) is 2.42. The van der Waals surface area contributed by atoms with Crippen LogP contribution in [0.15, 0.2) is 30.5 Å². The van der Waals surface area contributed by atoms with E-state index in [1.165, 1.54) is 0 Å². The van der Waals surface area contributed by atoms with Gasteiger partial charge in [-0.15, -0.1) is 0 Å². The van der Waals surface area contributed by atoms with Gasteiger partial charge in [-0.3, -0.25) is 0 Å². The number of hydrogen-bond acceptors (Lipinski definition) is 2. The van der Waals surface area contributed by atoms with Gasteiger partial charge in [-0.1, -0.05) is 35.9 Å². The van der Waals surface area contributed by atoms with Gasteiger partial charge in [0, 0.05) is 10.8 Å². The van der Waals surface area contributed by atoms with E-state index in [1.54, 1.807) is 13.3 Å². The molecule has 0 atom stereocenters. The molecule has 0 aliphatic rings. The highest BCUT2D eigenvalue weighted by atomic mass is 35.5. The minimum absolute atomic E-state index is 0.511. The molecule has 0 amide bonds. The molecule has 66 valence electrons. The van der Waals surface area contributed by atoms with Crippen molar-refractivity contribution >= 4 is 22.4 Å². The molecular formula is C10H8ClNO. The van der Waals surface area contributed by atoms with Crippen LogP contribution in [0.4, 0.5) is 0 Å². The highest BCUT2D eigenvalue weighted by Gasteiger charge is 2.04. The lowest BCUT2D eigenvalue weighted by molar-refractivity contribution is 0.418. The number of halogens is 1. The van der Waals surface area contributed by atoms with Crippen molar-refractivity contribution in [2.75, 3.05) is 7.11 Å². The van der Waals surface area contributed by atoms with E-state index in [0.717, 1.165) is 16.5 Å². The number of hydrogen-bond donors (Lipinski definition) is 0. The fraction of sp³-hybridized carbons (Fsp3) is 0.100. The Morgan fingerprint density at radius 3 is 2.62 bits per heavy atom. The minimum atomic E-state index is 0.511. The van der Waals surface area contributed by atoms with Gasteiger partial charge in [0.05, 0.1) is 13.3 Å². The summed E-state index contributed by atoms with van der Waals surface area (Å²) in [4.78, 5) is 4.02. The van der Waals surface area contributed by atoms with Crippen LogP contribution in [0.2, 0.25) is 5.15 Å². The normalized spacial score (nSPS) is 10.3. The first-order chi connectivity index (χ1) is 6.33. The Kier molecular flexibility index (Phi) is 2.07. The van der Waals surface area contributed by atoms with Gasteiger partial charge < -0.3 is 4.74 Å². The van der Waals surface area contributed by atoms with E-state index in [0.29, 0.717) is 5.15 Å². The summed E-state index contributed by atoms with van der Waals surface area (Å²) in [6.07, 6.45) is 1.63. The number of rotatable bonds is 1. The predicted molar refractivity (Wildman–Crippen MR) is 53.3 cm³/mol. The molecule has 1 aromatic heterocycles. The molecular weight excluding hydrogens is 186 g/mol. The molecule has 2 nitrogen and oxygen atoms in total. The first-order valence-corrected chi connectivity index (χ1v) is 4.28. The van der Waals surface area contributed by atoms with E-state index in [2.05, 4.69) is 4.98 Å². The lowest BCUT2D eigenvalue weighted by Crippen LogP contribution is -1.87. The highest BCUT2D eigenvalue weighted by molar-refractivity contribution is 6.34. The number of fused-ring (bicyclic) bond motifs is 1. The van der Waals surface area contributed by atoms with Crippen molar-refractivity contribution in [1.29, 1.82) is 0 Å². The number of ether oxygens (including phenoxy) is 1. The van der Waals surface area contributed by atoms with Crippen molar-refractivity contribution in [2.24, 2.45) is 0 Å². The Bertz CT molecular complexity index is 442. The Labute approximate surface area is 81.1 Å². The smallest absolute Gasteiger partial charge is 0.145 e. The van der Waals surface area contributed by atoms with E-state index < -0.39 is 0 Å². The zero-order chi connectivity index (χ0) is 9.26. The number of pyridine rings is 1. The van der Waals surface area contributed by atoms with Gasteiger partial charge in [-0.05, 0) is 0 Å². The summed E-state index contributed by atoms with van der Waals surface area (Å²) in [6, 6.07) is 7.76. The zero-order valence-electron chi connectivity index (χ0n) is 7.12. The molecule has 3 heteroatoms. The maximum absolute atomic E-state index is 5.92. The molecule has 0 aliphatic carbocycles. The molecule has 0 aliphatic heterocycles. The van der Waals surface area contributed by atoms with E-state index in [-0.39, 0.29) is 0 Å². The lowest BCUT2D eigenvalue weighted by Gasteiger charge is -2.04. The van der Waals surface area contributed by atoms with Crippen LogP contribution in [0.3, 0.4) is 0 Å². The maximum atomic E-state index is 5.92. The summed E-state index contributed by atoms with van der Waals surface area (Å²) < 4.78 is 5.16. The van der Waals surface area contributed by atoms with Gasteiger partial charge in [-0.2, -0.15) is 0 Å². The number of benzene rings is 1. The molecule has 0 radical (unpaired) electrons. The zero-order valence-corrected chi connectivity index (χ0v) is 7.88. The number of aromatic nitrogens is 1. The number of nitrogens with zero attached hydrogens (tertiary/aromatic N) is 1. The fourth-order valence-electron chi connectivity index (χ4n) is 1.29. The molecule has 0 saturated carbocycles. The molecule has 1 heterocycles. The molecule has 1 aromatic carbocycles. The van der Waals surface area contributed by atoms with Crippen molar-refractivity contribution < 1.29 is 4.74 Å². The Hall–Kier alpha value is -1.28. The van der Waals surface area contributed by atoms with Crippen molar-refractivity contribution in [3.05, 3.63) is 35.6 Å². The van der Waals surface area contributed by atoms with E-state index >= 15 is 0 Å². The van der Waals surface area contributed by atoms with Crippen LogP contribution in [-0.2, 0) is 0 Å². The Balaban J connectivity index is 2.84. The summed E-state index contributed by atoms with van der Waals surface area (Å²) in [5.41, 5.74) is 0. The molecule has 0 bridgehead atoms. The van der Waals surface area contributed by atoms with Gasteiger partial charge in [0.25, 0.3) is 0 Å². The number of methoxy groups -OCH3 is 1. The fourth-order valence-corrected chi connectivity index (χ4v) is 1.51. The molecule has 2 rings (SSSR count). The molecule has 0 N–H and O–H groups in total. The van der Waals surface area contributed by atoms with Crippen LogP contribution in [0.25, 0.3) is 10.8 Å². The average molecular weight is 194 g/mol. The predicted octanol–water partition coefficient (Wildman–Crippen LogP) is 2.90. The van der Waals surface area contributed by atoms with Gasteiger partial charge in [0.1, 0.15) is 10.9 Å². The monoisotopic (exact) mass is 193 g/mol. The van der Waals surface area contributed by atoms with Crippen molar-refractivity contribution in [3.8, 4) is 5.75 Å². The van der Waals surface area contributed by atoms with E-state index in [1.807, 2.05) is 24.3 Å². The van der Waals surface area contributed by atoms with E-state index in [9.17, 15) is 0 Å². The van der Waals surface area contributed by atoms with Crippen molar-refractivity contribution in [2.45, 2.75) is 0 Å². The van der Waals surface area contributed by atoms with Crippen LogP contribution in [0.5, 0.6) is 5.75 Å². The van der Waals surface area contributed by atoms with Crippen molar-refractivity contribution in [3.63, 3.8) is 0 Å². The standard InChI is InChI=1S/C10H8ClNO/c1-13-9-6-12-10(11)8-5-3-2-4-7(8)9/h2-6H,1H3. The second-order valence-corrected chi connectivity index (χ2v) is 3.02.